The van der Waals surface area contributed by atoms with Crippen molar-refractivity contribution in [3.05, 3.63) is 65.4 Å². The highest BCUT2D eigenvalue weighted by Gasteiger charge is 2.26. The van der Waals surface area contributed by atoms with Crippen LogP contribution in [0.3, 0.4) is 0 Å². The van der Waals surface area contributed by atoms with E-state index < -0.39 is 0 Å². The van der Waals surface area contributed by atoms with Gasteiger partial charge < -0.3 is 19.3 Å². The Bertz CT molecular complexity index is 1500. The Morgan fingerprint density at radius 2 is 1.82 bits per heavy atom. The molecule has 2 aromatic carbocycles. The number of nitrogens with zero attached hydrogens (tertiary/aromatic N) is 6. The fourth-order valence-electron chi connectivity index (χ4n) is 5.08. The summed E-state index contributed by atoms with van der Waals surface area (Å²) in [5.74, 6) is 2.53. The van der Waals surface area contributed by atoms with Crippen molar-refractivity contribution in [3.8, 4) is 17.2 Å². The first-order valence-electron chi connectivity index (χ1n) is 13.0. The van der Waals surface area contributed by atoms with Crippen LogP contribution in [-0.4, -0.2) is 63.5 Å². The van der Waals surface area contributed by atoms with Gasteiger partial charge in [0.15, 0.2) is 17.1 Å². The molecular weight excluding hydrogens is 487 g/mol. The highest BCUT2D eigenvalue weighted by molar-refractivity contribution is 5.95. The molecule has 38 heavy (non-hydrogen) atoms. The molecule has 4 heterocycles. The number of rotatable bonds is 5. The molecule has 2 aliphatic heterocycles. The van der Waals surface area contributed by atoms with Crippen LogP contribution in [0.1, 0.15) is 41.6 Å². The van der Waals surface area contributed by atoms with E-state index in [1.54, 1.807) is 35.0 Å². The van der Waals surface area contributed by atoms with Gasteiger partial charge in [-0.2, -0.15) is 5.10 Å². The second-order valence-electron chi connectivity index (χ2n) is 9.59. The van der Waals surface area contributed by atoms with Crippen molar-refractivity contribution < 1.29 is 18.7 Å². The van der Waals surface area contributed by atoms with Gasteiger partial charge in [0.05, 0.1) is 16.8 Å². The van der Waals surface area contributed by atoms with Gasteiger partial charge in [0, 0.05) is 38.2 Å². The quantitative estimate of drug-likeness (QED) is 0.391. The number of amides is 1. The topological polar surface area (TPSA) is 85.6 Å². The van der Waals surface area contributed by atoms with Crippen molar-refractivity contribution in [2.24, 2.45) is 0 Å². The number of aryl methyl sites for hydroxylation is 2. The standard InChI is InChI=1S/C28H29FN6O3/c1-3-5-24-30-26(25-18(2)32-35(27(25)31-24)21-9-7-20(29)8-10-21)33-12-4-13-34(15-14-33)28(36)19-6-11-22-23(16-19)38-17-37-22/h6-11,16H,3-5,12-15,17H2,1-2H3. The molecule has 1 amide bonds. The zero-order valence-corrected chi connectivity index (χ0v) is 21.5. The first-order valence-corrected chi connectivity index (χ1v) is 13.0. The second-order valence-corrected chi connectivity index (χ2v) is 9.59. The lowest BCUT2D eigenvalue weighted by molar-refractivity contribution is 0.0766. The molecule has 0 atom stereocenters. The second kappa shape index (κ2) is 9.92. The Morgan fingerprint density at radius 1 is 1.00 bits per heavy atom. The predicted molar refractivity (Wildman–Crippen MR) is 141 cm³/mol. The third-order valence-electron chi connectivity index (χ3n) is 6.98. The van der Waals surface area contributed by atoms with Crippen LogP contribution in [0.25, 0.3) is 16.7 Å². The summed E-state index contributed by atoms with van der Waals surface area (Å²) in [5.41, 5.74) is 2.85. The molecule has 1 fully saturated rings. The average Bonchev–Trinajstić information content (AvgIpc) is 3.44. The summed E-state index contributed by atoms with van der Waals surface area (Å²) in [6, 6.07) is 11.6. The zero-order chi connectivity index (χ0) is 26.2. The minimum Gasteiger partial charge on any atom is -0.454 e. The molecule has 2 aliphatic rings. The Labute approximate surface area is 219 Å². The van der Waals surface area contributed by atoms with Crippen LogP contribution in [0.4, 0.5) is 10.2 Å². The molecule has 0 bridgehead atoms. The van der Waals surface area contributed by atoms with E-state index in [4.69, 9.17) is 24.5 Å². The van der Waals surface area contributed by atoms with Gasteiger partial charge in [-0.15, -0.1) is 0 Å². The van der Waals surface area contributed by atoms with Crippen LogP contribution in [0.2, 0.25) is 0 Å². The van der Waals surface area contributed by atoms with Gasteiger partial charge >= 0.3 is 0 Å². The van der Waals surface area contributed by atoms with Gasteiger partial charge in [0.1, 0.15) is 17.5 Å². The third kappa shape index (κ3) is 4.40. The van der Waals surface area contributed by atoms with E-state index in [-0.39, 0.29) is 18.5 Å². The Balaban J connectivity index is 1.31. The number of hydrogen-bond acceptors (Lipinski definition) is 7. The van der Waals surface area contributed by atoms with Crippen molar-refractivity contribution in [1.82, 2.24) is 24.6 Å². The Kier molecular flexibility index (Phi) is 6.30. The van der Waals surface area contributed by atoms with Crippen molar-refractivity contribution in [1.29, 1.82) is 0 Å². The number of ether oxygens (including phenoxy) is 2. The summed E-state index contributed by atoms with van der Waals surface area (Å²) in [6.07, 6.45) is 2.45. The van der Waals surface area contributed by atoms with Gasteiger partial charge in [-0.05, 0) is 62.2 Å². The van der Waals surface area contributed by atoms with Crippen molar-refractivity contribution in [2.45, 2.75) is 33.1 Å². The molecule has 0 spiro atoms. The molecule has 0 saturated carbocycles. The molecule has 0 radical (unpaired) electrons. The summed E-state index contributed by atoms with van der Waals surface area (Å²) in [5, 5.41) is 5.64. The third-order valence-corrected chi connectivity index (χ3v) is 6.98. The van der Waals surface area contributed by atoms with E-state index in [1.165, 1.54) is 12.1 Å². The normalized spacial score (nSPS) is 15.2. The van der Waals surface area contributed by atoms with E-state index in [0.717, 1.165) is 54.2 Å². The van der Waals surface area contributed by atoms with E-state index in [0.29, 0.717) is 42.3 Å². The lowest BCUT2D eigenvalue weighted by atomic mass is 10.1. The van der Waals surface area contributed by atoms with Gasteiger partial charge in [0.25, 0.3) is 5.91 Å². The predicted octanol–water partition coefficient (Wildman–Crippen LogP) is 4.30. The van der Waals surface area contributed by atoms with Crippen LogP contribution in [0.15, 0.2) is 42.5 Å². The number of aromatic nitrogens is 4. The summed E-state index contributed by atoms with van der Waals surface area (Å²) in [6.45, 7) is 6.82. The first kappa shape index (κ1) is 24.1. The molecule has 4 aromatic rings. The number of benzene rings is 2. The molecule has 10 heteroatoms. The lowest BCUT2D eigenvalue weighted by Crippen LogP contribution is -2.35. The molecule has 196 valence electrons. The zero-order valence-electron chi connectivity index (χ0n) is 21.5. The van der Waals surface area contributed by atoms with Crippen LogP contribution in [0.5, 0.6) is 11.5 Å². The van der Waals surface area contributed by atoms with Crippen LogP contribution in [0, 0.1) is 12.7 Å². The number of carbonyl (C=O) groups is 1. The molecule has 1 saturated heterocycles. The molecule has 0 N–H and O–H groups in total. The van der Waals surface area contributed by atoms with Crippen LogP contribution >= 0.6 is 0 Å². The monoisotopic (exact) mass is 516 g/mol. The molecule has 0 aliphatic carbocycles. The summed E-state index contributed by atoms with van der Waals surface area (Å²) in [4.78, 5) is 27.3. The highest BCUT2D eigenvalue weighted by atomic mass is 19.1. The minimum atomic E-state index is -0.298. The summed E-state index contributed by atoms with van der Waals surface area (Å²) in [7, 11) is 0. The van der Waals surface area contributed by atoms with Gasteiger partial charge in [-0.3, -0.25) is 4.79 Å². The fraction of sp³-hybridized carbons (Fsp3) is 0.357. The lowest BCUT2D eigenvalue weighted by Gasteiger charge is -2.24. The number of carbonyl (C=O) groups excluding carboxylic acids is 1. The average molecular weight is 517 g/mol. The number of anilines is 1. The minimum absolute atomic E-state index is 0.0232. The number of hydrogen-bond donors (Lipinski definition) is 0. The largest absolute Gasteiger partial charge is 0.454 e. The first-order chi connectivity index (χ1) is 18.5. The van der Waals surface area contributed by atoms with Gasteiger partial charge in [-0.1, -0.05) is 6.92 Å². The molecule has 0 unspecified atom stereocenters. The maximum absolute atomic E-state index is 13.6. The Hall–Kier alpha value is -4.21. The summed E-state index contributed by atoms with van der Waals surface area (Å²) < 4.78 is 26.2. The van der Waals surface area contributed by atoms with E-state index in [2.05, 4.69) is 11.8 Å². The van der Waals surface area contributed by atoms with Crippen LogP contribution < -0.4 is 14.4 Å². The fourth-order valence-corrected chi connectivity index (χ4v) is 5.08. The van der Waals surface area contributed by atoms with Crippen molar-refractivity contribution in [3.63, 3.8) is 0 Å². The molecule has 6 rings (SSSR count). The smallest absolute Gasteiger partial charge is 0.254 e. The maximum atomic E-state index is 13.6. The van der Waals surface area contributed by atoms with E-state index >= 15 is 0 Å². The van der Waals surface area contributed by atoms with Gasteiger partial charge in [0.2, 0.25) is 6.79 Å². The maximum Gasteiger partial charge on any atom is 0.254 e. The van der Waals surface area contributed by atoms with Crippen molar-refractivity contribution >= 4 is 22.8 Å². The van der Waals surface area contributed by atoms with E-state index in [1.807, 2.05) is 11.8 Å². The summed E-state index contributed by atoms with van der Waals surface area (Å²) >= 11 is 0. The van der Waals surface area contributed by atoms with Gasteiger partial charge in [-0.25, -0.2) is 19.0 Å². The number of fused-ring (bicyclic) bond motifs is 2. The molecule has 9 nitrogen and oxygen atoms in total. The van der Waals surface area contributed by atoms with E-state index in [9.17, 15) is 9.18 Å². The number of halogens is 1. The molecular formula is C28H29FN6O3. The SMILES string of the molecule is CCCc1nc(N2CCCN(C(=O)c3ccc4c(c3)OCO4)CC2)c2c(C)nn(-c3ccc(F)cc3)c2n1. The molecule has 2 aromatic heterocycles. The van der Waals surface area contributed by atoms with Crippen LogP contribution in [-0.2, 0) is 6.42 Å². The highest BCUT2D eigenvalue weighted by Crippen LogP contribution is 2.33. The Morgan fingerprint density at radius 3 is 2.63 bits per heavy atom. The van der Waals surface area contributed by atoms with Crippen molar-refractivity contribution in [2.75, 3.05) is 37.9 Å².